The van der Waals surface area contributed by atoms with Crippen molar-refractivity contribution in [3.63, 3.8) is 0 Å². The average molecular weight is 272 g/mol. The van der Waals surface area contributed by atoms with Gasteiger partial charge in [-0.15, -0.1) is 0 Å². The molecule has 0 spiro atoms. The predicted molar refractivity (Wildman–Crippen MR) is 84.8 cm³/mol. The van der Waals surface area contributed by atoms with Gasteiger partial charge in [-0.2, -0.15) is 0 Å². The van der Waals surface area contributed by atoms with Crippen molar-refractivity contribution < 1.29 is 0 Å². The molecule has 2 nitrogen and oxygen atoms in total. The highest BCUT2D eigenvalue weighted by Crippen LogP contribution is 2.27. The molecule has 0 bridgehead atoms. The molecule has 1 aromatic rings. The van der Waals surface area contributed by atoms with Crippen LogP contribution < -0.4 is 5.32 Å². The lowest BCUT2D eigenvalue weighted by Gasteiger charge is -2.41. The average Bonchev–Trinajstić information content (AvgIpc) is 2.51. The van der Waals surface area contributed by atoms with Crippen molar-refractivity contribution in [1.82, 2.24) is 10.2 Å². The molecule has 0 amide bonds. The number of nitrogens with zero attached hydrogens (tertiary/aromatic N) is 1. The van der Waals surface area contributed by atoms with E-state index in [0.29, 0.717) is 12.1 Å². The number of rotatable bonds is 3. The second kappa shape index (κ2) is 6.73. The summed E-state index contributed by atoms with van der Waals surface area (Å²) in [5.74, 6) is 0.945. The van der Waals surface area contributed by atoms with Gasteiger partial charge in [-0.3, -0.25) is 4.90 Å². The Morgan fingerprint density at radius 1 is 1.10 bits per heavy atom. The summed E-state index contributed by atoms with van der Waals surface area (Å²) in [5.41, 5.74) is 1.44. The molecular formula is C18H28N2. The first kappa shape index (κ1) is 14.1. The van der Waals surface area contributed by atoms with Crippen molar-refractivity contribution in [2.24, 2.45) is 5.92 Å². The highest BCUT2D eigenvalue weighted by atomic mass is 15.2. The van der Waals surface area contributed by atoms with E-state index in [9.17, 15) is 0 Å². The largest absolute Gasteiger partial charge is 0.307 e. The molecule has 1 heterocycles. The van der Waals surface area contributed by atoms with Crippen molar-refractivity contribution in [1.29, 1.82) is 0 Å². The lowest BCUT2D eigenvalue weighted by Crippen LogP contribution is -2.52. The second-order valence-electron chi connectivity index (χ2n) is 6.68. The van der Waals surface area contributed by atoms with Crippen LogP contribution in [-0.4, -0.2) is 30.6 Å². The Labute approximate surface area is 123 Å². The molecule has 1 saturated heterocycles. The van der Waals surface area contributed by atoms with Gasteiger partial charge in [0.2, 0.25) is 0 Å². The molecule has 0 radical (unpaired) electrons. The maximum Gasteiger partial charge on any atom is 0.0449 e. The van der Waals surface area contributed by atoms with E-state index in [1.54, 1.807) is 0 Å². The van der Waals surface area contributed by atoms with Gasteiger partial charge in [0.15, 0.2) is 0 Å². The van der Waals surface area contributed by atoms with E-state index in [2.05, 4.69) is 47.5 Å². The monoisotopic (exact) mass is 272 g/mol. The van der Waals surface area contributed by atoms with Crippen LogP contribution in [0.1, 0.15) is 50.6 Å². The van der Waals surface area contributed by atoms with E-state index in [0.717, 1.165) is 12.5 Å². The predicted octanol–water partition coefficient (Wildman–Crippen LogP) is 3.60. The van der Waals surface area contributed by atoms with Gasteiger partial charge in [0.25, 0.3) is 0 Å². The van der Waals surface area contributed by atoms with E-state index in [4.69, 9.17) is 0 Å². The molecule has 20 heavy (non-hydrogen) atoms. The molecule has 3 rings (SSSR count). The van der Waals surface area contributed by atoms with Crippen molar-refractivity contribution in [2.45, 2.75) is 51.1 Å². The van der Waals surface area contributed by atoms with E-state index in [-0.39, 0.29) is 0 Å². The van der Waals surface area contributed by atoms with Crippen LogP contribution in [0.4, 0.5) is 0 Å². The Hall–Kier alpha value is -0.860. The first-order chi connectivity index (χ1) is 9.83. The summed E-state index contributed by atoms with van der Waals surface area (Å²) in [6.07, 6.45) is 7.26. The van der Waals surface area contributed by atoms with Crippen LogP contribution >= 0.6 is 0 Å². The summed E-state index contributed by atoms with van der Waals surface area (Å²) in [7, 11) is 0. The zero-order valence-electron chi connectivity index (χ0n) is 12.7. The molecule has 2 aliphatic rings. The number of benzene rings is 1. The van der Waals surface area contributed by atoms with Crippen molar-refractivity contribution in [2.75, 3.05) is 19.6 Å². The molecule has 2 atom stereocenters. The lowest BCUT2D eigenvalue weighted by molar-refractivity contribution is 0.109. The van der Waals surface area contributed by atoms with E-state index >= 15 is 0 Å². The Kier molecular flexibility index (Phi) is 4.74. The molecule has 2 fully saturated rings. The number of nitrogens with one attached hydrogen (secondary N) is 1. The highest BCUT2D eigenvalue weighted by Gasteiger charge is 2.28. The number of hydrogen-bond acceptors (Lipinski definition) is 2. The minimum Gasteiger partial charge on any atom is -0.307 e. The summed E-state index contributed by atoms with van der Waals surface area (Å²) >= 11 is 0. The Bertz CT molecular complexity index is 397. The molecule has 1 aromatic carbocycles. The number of hydrogen-bond donors (Lipinski definition) is 1. The fourth-order valence-electron chi connectivity index (χ4n) is 3.79. The highest BCUT2D eigenvalue weighted by molar-refractivity contribution is 5.20. The summed E-state index contributed by atoms with van der Waals surface area (Å²) < 4.78 is 0. The third kappa shape index (κ3) is 3.42. The van der Waals surface area contributed by atoms with Gasteiger partial charge < -0.3 is 5.32 Å². The molecule has 1 saturated carbocycles. The van der Waals surface area contributed by atoms with Gasteiger partial charge in [0.05, 0.1) is 0 Å². The Morgan fingerprint density at radius 2 is 1.85 bits per heavy atom. The summed E-state index contributed by atoms with van der Waals surface area (Å²) in [6.45, 7) is 5.97. The van der Waals surface area contributed by atoms with Gasteiger partial charge in [-0.05, 0) is 31.2 Å². The van der Waals surface area contributed by atoms with Gasteiger partial charge >= 0.3 is 0 Å². The molecule has 1 N–H and O–H groups in total. The van der Waals surface area contributed by atoms with E-state index in [1.807, 2.05) is 0 Å². The third-order valence-electron chi connectivity index (χ3n) is 5.12. The Morgan fingerprint density at radius 3 is 2.60 bits per heavy atom. The normalized spacial score (nSPS) is 29.4. The van der Waals surface area contributed by atoms with Gasteiger partial charge in [-0.25, -0.2) is 0 Å². The van der Waals surface area contributed by atoms with Gasteiger partial charge in [0.1, 0.15) is 0 Å². The zero-order valence-corrected chi connectivity index (χ0v) is 12.7. The lowest BCUT2D eigenvalue weighted by atomic mass is 9.88. The molecule has 1 aliphatic carbocycles. The van der Waals surface area contributed by atoms with E-state index < -0.39 is 0 Å². The van der Waals surface area contributed by atoms with Crippen molar-refractivity contribution >= 4 is 0 Å². The maximum absolute atomic E-state index is 3.71. The molecule has 0 aromatic heterocycles. The molecule has 1 aliphatic heterocycles. The maximum atomic E-state index is 3.71. The smallest absolute Gasteiger partial charge is 0.0449 e. The van der Waals surface area contributed by atoms with Crippen LogP contribution in [0.3, 0.4) is 0 Å². The van der Waals surface area contributed by atoms with Gasteiger partial charge in [0, 0.05) is 31.7 Å². The Balaban J connectivity index is 1.61. The topological polar surface area (TPSA) is 15.3 Å². The zero-order chi connectivity index (χ0) is 13.8. The summed E-state index contributed by atoms with van der Waals surface area (Å²) in [4.78, 5) is 2.73. The SMILES string of the molecule is CC1CNC(c2ccccc2)CN1CC1CCCCC1. The van der Waals surface area contributed by atoms with Crippen molar-refractivity contribution in [3.05, 3.63) is 35.9 Å². The molecule has 2 unspecified atom stereocenters. The fraction of sp³-hybridized carbons (Fsp3) is 0.667. The summed E-state index contributed by atoms with van der Waals surface area (Å²) in [5, 5.41) is 3.71. The second-order valence-corrected chi connectivity index (χ2v) is 6.68. The van der Waals surface area contributed by atoms with Crippen molar-refractivity contribution in [3.8, 4) is 0 Å². The molecule has 2 heteroatoms. The van der Waals surface area contributed by atoms with Crippen LogP contribution in [-0.2, 0) is 0 Å². The van der Waals surface area contributed by atoms with E-state index in [1.165, 1.54) is 50.8 Å². The summed E-state index contributed by atoms with van der Waals surface area (Å²) in [6, 6.07) is 12.1. The van der Waals surface area contributed by atoms with Crippen LogP contribution in [0.5, 0.6) is 0 Å². The number of piperazine rings is 1. The third-order valence-corrected chi connectivity index (χ3v) is 5.12. The van der Waals surface area contributed by atoms with Crippen LogP contribution in [0.2, 0.25) is 0 Å². The van der Waals surface area contributed by atoms with Crippen LogP contribution in [0.15, 0.2) is 30.3 Å². The first-order valence-corrected chi connectivity index (χ1v) is 8.35. The van der Waals surface area contributed by atoms with Gasteiger partial charge in [-0.1, -0.05) is 49.6 Å². The quantitative estimate of drug-likeness (QED) is 0.904. The minimum atomic E-state index is 0.510. The first-order valence-electron chi connectivity index (χ1n) is 8.35. The standard InChI is InChI=1S/C18H28N2/c1-15-12-19-18(17-10-6-3-7-11-17)14-20(15)13-16-8-4-2-5-9-16/h3,6-7,10-11,15-16,18-19H,2,4-5,8-9,12-14H2,1H3. The van der Waals surface area contributed by atoms with Crippen LogP contribution in [0.25, 0.3) is 0 Å². The van der Waals surface area contributed by atoms with Crippen LogP contribution in [0, 0.1) is 5.92 Å². The molecular weight excluding hydrogens is 244 g/mol. The minimum absolute atomic E-state index is 0.510. The fourth-order valence-corrected chi connectivity index (χ4v) is 3.79. The molecule has 110 valence electrons.